The van der Waals surface area contributed by atoms with Crippen molar-refractivity contribution in [2.45, 2.75) is 11.7 Å². The summed E-state index contributed by atoms with van der Waals surface area (Å²) in [4.78, 5) is 0. The number of hydrogen-bond acceptors (Lipinski definition) is 2. The van der Waals surface area contributed by atoms with Crippen LogP contribution in [0.4, 0.5) is 5.69 Å². The first-order valence-electron chi connectivity index (χ1n) is 13.5. The van der Waals surface area contributed by atoms with Gasteiger partial charge in [-0.1, -0.05) is 0 Å². The Kier molecular flexibility index (Phi) is 5.95. The van der Waals surface area contributed by atoms with Gasteiger partial charge in [0.25, 0.3) is 0 Å². The fraction of sp³-hybridized carbons (Fsp3) is 0.0857. The van der Waals surface area contributed by atoms with Gasteiger partial charge in [-0.25, -0.2) is 0 Å². The number of nitrogens with zero attached hydrogens (tertiary/aromatic N) is 2. The summed E-state index contributed by atoms with van der Waals surface area (Å²) in [6.45, 7) is 0.870. The van der Waals surface area contributed by atoms with Crippen molar-refractivity contribution >= 4 is 48.5 Å². The van der Waals surface area contributed by atoms with Gasteiger partial charge in [0.05, 0.1) is 0 Å². The van der Waals surface area contributed by atoms with Gasteiger partial charge in [-0.2, -0.15) is 0 Å². The van der Waals surface area contributed by atoms with Crippen molar-refractivity contribution in [3.05, 3.63) is 163 Å². The molecular formula is C35H30BrN2P. The van der Waals surface area contributed by atoms with Gasteiger partial charge in [-0.3, -0.25) is 0 Å². The summed E-state index contributed by atoms with van der Waals surface area (Å²) in [5, 5.41) is 5.75. The maximum atomic E-state index is 4.81. The predicted molar refractivity (Wildman–Crippen MR) is 172 cm³/mol. The summed E-state index contributed by atoms with van der Waals surface area (Å²) >= 11 is 4.81. The van der Waals surface area contributed by atoms with Crippen LogP contribution in [0.2, 0.25) is 0 Å². The van der Waals surface area contributed by atoms with Gasteiger partial charge < -0.3 is 0 Å². The van der Waals surface area contributed by atoms with Gasteiger partial charge in [0.2, 0.25) is 0 Å². The molecule has 2 atom stereocenters. The standard InChI is InChI=1S/C35H30BrN2P/c36-39(30-18-7-2-8-19-30,31-20-9-3-10-21-31,32-22-11-4-12-23-32)34-27-38(29-16-5-1-6-17-29)37-26-25-28-15-13-14-24-33(28)35(34)37/h1-26,34-35H,27H2/t34-,35?/m1/s1. The molecule has 0 aromatic heterocycles. The average Bonchev–Trinajstić information content (AvgIpc) is 3.44. The monoisotopic (exact) mass is 588 g/mol. The van der Waals surface area contributed by atoms with Crippen LogP contribution in [0.5, 0.6) is 0 Å². The van der Waals surface area contributed by atoms with Crippen LogP contribution in [0, 0.1) is 0 Å². The van der Waals surface area contributed by atoms with Gasteiger partial charge in [0, 0.05) is 0 Å². The number of halogens is 1. The third-order valence-electron chi connectivity index (χ3n) is 8.47. The van der Waals surface area contributed by atoms with E-state index in [1.807, 2.05) is 0 Å². The normalized spacial score (nSPS) is 19.2. The summed E-state index contributed by atoms with van der Waals surface area (Å²) in [5.41, 5.74) is 4.10. The molecule has 1 saturated heterocycles. The third kappa shape index (κ3) is 3.57. The number of fused-ring (bicyclic) bond motifs is 3. The van der Waals surface area contributed by atoms with Crippen LogP contribution < -0.4 is 20.9 Å². The van der Waals surface area contributed by atoms with E-state index < -0.39 is 5.31 Å². The molecule has 1 fully saturated rings. The molecule has 0 bridgehead atoms. The number of hydrogen-bond donors (Lipinski definition) is 0. The van der Waals surface area contributed by atoms with Crippen LogP contribution in [-0.4, -0.2) is 17.2 Å². The minimum atomic E-state index is -3.28. The van der Waals surface area contributed by atoms with E-state index in [-0.39, 0.29) is 11.7 Å². The SMILES string of the molecule is BrP(c1ccccc1)(c1ccccc1)(c1ccccc1)[C@@H]1CN(c2ccccc2)N2C=Cc3ccccc3C12. The van der Waals surface area contributed by atoms with Gasteiger partial charge in [0.1, 0.15) is 0 Å². The molecule has 2 heterocycles. The molecular weight excluding hydrogens is 559 g/mol. The van der Waals surface area contributed by atoms with Crippen LogP contribution in [0.3, 0.4) is 0 Å². The van der Waals surface area contributed by atoms with Crippen molar-refractivity contribution in [1.82, 2.24) is 5.01 Å². The predicted octanol–water partition coefficient (Wildman–Crippen LogP) is 7.66. The summed E-state index contributed by atoms with van der Waals surface area (Å²) in [6, 6.07) is 53.5. The van der Waals surface area contributed by atoms with Crippen LogP contribution in [0.25, 0.3) is 6.08 Å². The van der Waals surface area contributed by atoms with Crippen molar-refractivity contribution < 1.29 is 0 Å². The van der Waals surface area contributed by atoms with Gasteiger partial charge in [-0.15, -0.1) is 0 Å². The summed E-state index contributed by atoms with van der Waals surface area (Å²) in [5.74, 6) is 0. The molecule has 2 aliphatic rings. The molecule has 39 heavy (non-hydrogen) atoms. The second kappa shape index (κ2) is 9.52. The first-order chi connectivity index (χ1) is 19.2. The Morgan fingerprint density at radius 1 is 0.564 bits per heavy atom. The molecule has 5 aromatic carbocycles. The number of benzene rings is 5. The average molecular weight is 590 g/mol. The Balaban J connectivity index is 1.59. The molecule has 1 unspecified atom stereocenters. The molecule has 0 saturated carbocycles. The van der Waals surface area contributed by atoms with Crippen LogP contribution in [0.15, 0.2) is 152 Å². The molecule has 0 aliphatic carbocycles. The van der Waals surface area contributed by atoms with Crippen molar-refractivity contribution in [2.24, 2.45) is 0 Å². The van der Waals surface area contributed by atoms with Crippen LogP contribution >= 0.6 is 20.8 Å². The zero-order valence-electron chi connectivity index (χ0n) is 21.6. The Morgan fingerprint density at radius 3 is 1.56 bits per heavy atom. The molecule has 0 spiro atoms. The minimum absolute atomic E-state index is 0.143. The molecule has 192 valence electrons. The number of rotatable bonds is 5. The van der Waals surface area contributed by atoms with E-state index in [0.29, 0.717) is 0 Å². The topological polar surface area (TPSA) is 6.48 Å². The molecule has 0 amide bonds. The van der Waals surface area contributed by atoms with Gasteiger partial charge in [0.15, 0.2) is 0 Å². The molecule has 2 aliphatic heterocycles. The van der Waals surface area contributed by atoms with Crippen LogP contribution in [-0.2, 0) is 0 Å². The van der Waals surface area contributed by atoms with E-state index in [9.17, 15) is 0 Å². The van der Waals surface area contributed by atoms with Crippen LogP contribution in [0.1, 0.15) is 17.2 Å². The van der Waals surface area contributed by atoms with Gasteiger partial charge >= 0.3 is 240 Å². The second-order valence-corrected chi connectivity index (χ2v) is 19.1. The van der Waals surface area contributed by atoms with E-state index in [1.54, 1.807) is 0 Å². The fourth-order valence-corrected chi connectivity index (χ4v) is 15.5. The summed E-state index contributed by atoms with van der Waals surface area (Å²) in [7, 11) is 0. The summed E-state index contributed by atoms with van der Waals surface area (Å²) in [6.07, 6.45) is 4.55. The molecule has 2 nitrogen and oxygen atoms in total. The molecule has 7 rings (SSSR count). The summed E-state index contributed by atoms with van der Waals surface area (Å²) < 4.78 is 0. The van der Waals surface area contributed by atoms with Gasteiger partial charge in [-0.05, 0) is 0 Å². The Morgan fingerprint density at radius 2 is 1.03 bits per heavy atom. The molecule has 5 aromatic rings. The van der Waals surface area contributed by atoms with E-state index in [2.05, 4.69) is 168 Å². The fourth-order valence-electron chi connectivity index (χ4n) is 6.75. The Hall–Kier alpha value is -3.65. The molecule has 4 heteroatoms. The zero-order chi connectivity index (χ0) is 26.3. The number of anilines is 1. The van der Waals surface area contributed by atoms with E-state index in [0.717, 1.165) is 6.54 Å². The van der Waals surface area contributed by atoms with E-state index >= 15 is 0 Å². The maximum absolute atomic E-state index is 4.81. The zero-order valence-corrected chi connectivity index (χ0v) is 24.1. The van der Waals surface area contributed by atoms with Crippen molar-refractivity contribution in [2.75, 3.05) is 11.6 Å². The Labute approximate surface area is 238 Å². The number of para-hydroxylation sites is 1. The van der Waals surface area contributed by atoms with Crippen molar-refractivity contribution in [3.8, 4) is 0 Å². The van der Waals surface area contributed by atoms with Crippen molar-refractivity contribution in [3.63, 3.8) is 0 Å². The third-order valence-corrected chi connectivity index (χ3v) is 19.3. The number of hydrazine groups is 1. The first kappa shape index (κ1) is 24.4. The second-order valence-electron chi connectivity index (χ2n) is 10.3. The van der Waals surface area contributed by atoms with E-state index in [4.69, 9.17) is 15.5 Å². The quantitative estimate of drug-likeness (QED) is 0.194. The first-order valence-corrected chi connectivity index (χ1v) is 17.8. The van der Waals surface area contributed by atoms with Crippen molar-refractivity contribution in [1.29, 1.82) is 0 Å². The Bertz CT molecular complexity index is 1520. The molecule has 0 N–H and O–H groups in total. The molecule has 0 radical (unpaired) electrons. The van der Waals surface area contributed by atoms with E-state index in [1.165, 1.54) is 32.7 Å².